The standard InChI is InChI=1S/C17H13N5O3S/c1-18-26(24,25)17-20-10-13-14(21-17)12-8-5-9-19-15(12)22(16(13)23)11-6-3-2-4-7-11/h2-10,18H,1H3. The summed E-state index contributed by atoms with van der Waals surface area (Å²) in [6.07, 6.45) is 2.81. The normalized spacial score (nSPS) is 11.9. The molecule has 0 aliphatic heterocycles. The van der Waals surface area contributed by atoms with Gasteiger partial charge in [-0.2, -0.15) is 0 Å². The largest absolute Gasteiger partial charge is 0.276 e. The Labute approximate surface area is 148 Å². The van der Waals surface area contributed by atoms with Crippen molar-refractivity contribution in [2.45, 2.75) is 5.16 Å². The Balaban J connectivity index is 2.18. The van der Waals surface area contributed by atoms with Gasteiger partial charge in [0.25, 0.3) is 20.7 Å². The molecule has 4 rings (SSSR count). The molecule has 0 radical (unpaired) electrons. The molecule has 3 heterocycles. The van der Waals surface area contributed by atoms with E-state index in [4.69, 9.17) is 0 Å². The van der Waals surface area contributed by atoms with E-state index in [1.807, 2.05) is 18.2 Å². The number of sulfonamides is 1. The summed E-state index contributed by atoms with van der Waals surface area (Å²) in [6, 6.07) is 12.5. The zero-order valence-corrected chi connectivity index (χ0v) is 14.4. The Morgan fingerprint density at radius 3 is 2.50 bits per heavy atom. The Morgan fingerprint density at radius 2 is 1.77 bits per heavy atom. The van der Waals surface area contributed by atoms with Gasteiger partial charge in [0, 0.05) is 17.8 Å². The smallest absolute Gasteiger partial charge is 0.268 e. The van der Waals surface area contributed by atoms with E-state index in [9.17, 15) is 13.2 Å². The highest BCUT2D eigenvalue weighted by Gasteiger charge is 2.20. The minimum atomic E-state index is -3.83. The number of fused-ring (bicyclic) bond motifs is 3. The average Bonchev–Trinajstić information content (AvgIpc) is 2.68. The molecule has 130 valence electrons. The van der Waals surface area contributed by atoms with Crippen molar-refractivity contribution >= 4 is 32.0 Å². The summed E-state index contributed by atoms with van der Waals surface area (Å²) in [6.45, 7) is 0. The first-order chi connectivity index (χ1) is 12.5. The number of para-hydroxylation sites is 1. The van der Waals surface area contributed by atoms with E-state index >= 15 is 0 Å². The van der Waals surface area contributed by atoms with E-state index in [1.54, 1.807) is 30.5 Å². The zero-order chi connectivity index (χ0) is 18.3. The summed E-state index contributed by atoms with van der Waals surface area (Å²) >= 11 is 0. The minimum Gasteiger partial charge on any atom is -0.268 e. The van der Waals surface area contributed by atoms with Gasteiger partial charge in [-0.15, -0.1) is 0 Å². The maximum absolute atomic E-state index is 13.1. The Kier molecular flexibility index (Phi) is 3.74. The zero-order valence-electron chi connectivity index (χ0n) is 13.6. The van der Waals surface area contributed by atoms with E-state index in [0.29, 0.717) is 16.7 Å². The predicted octanol–water partition coefficient (Wildman–Crippen LogP) is 1.24. The minimum absolute atomic E-state index is 0.212. The van der Waals surface area contributed by atoms with Crippen LogP contribution < -0.4 is 10.3 Å². The van der Waals surface area contributed by atoms with Gasteiger partial charge in [-0.05, 0) is 31.3 Å². The summed E-state index contributed by atoms with van der Waals surface area (Å²) in [5.41, 5.74) is 0.914. The number of benzene rings is 1. The molecule has 0 fully saturated rings. The predicted molar refractivity (Wildman–Crippen MR) is 96.7 cm³/mol. The Hall–Kier alpha value is -3.17. The second kappa shape index (κ2) is 5.97. The molecule has 0 atom stereocenters. The SMILES string of the molecule is CNS(=O)(=O)c1ncc2c(=O)n(-c3ccccc3)c3ncccc3c2n1. The monoisotopic (exact) mass is 367 g/mol. The second-order valence-electron chi connectivity index (χ2n) is 5.47. The van der Waals surface area contributed by atoms with Crippen LogP contribution in [0, 0.1) is 0 Å². The summed E-state index contributed by atoms with van der Waals surface area (Å²) in [7, 11) is -2.56. The highest BCUT2D eigenvalue weighted by molar-refractivity contribution is 7.89. The molecular formula is C17H13N5O3S. The number of hydrogen-bond donors (Lipinski definition) is 1. The maximum Gasteiger partial charge on any atom is 0.276 e. The van der Waals surface area contributed by atoms with E-state index in [1.165, 1.54) is 17.8 Å². The molecule has 4 aromatic rings. The van der Waals surface area contributed by atoms with Crippen LogP contribution in [-0.4, -0.2) is 35.0 Å². The van der Waals surface area contributed by atoms with Gasteiger partial charge in [0.2, 0.25) is 0 Å². The summed E-state index contributed by atoms with van der Waals surface area (Å²) in [5.74, 6) is 0. The fraction of sp³-hybridized carbons (Fsp3) is 0.0588. The lowest BCUT2D eigenvalue weighted by Crippen LogP contribution is -2.24. The molecule has 8 nitrogen and oxygen atoms in total. The fourth-order valence-electron chi connectivity index (χ4n) is 2.74. The number of pyridine rings is 2. The first-order valence-electron chi connectivity index (χ1n) is 7.68. The van der Waals surface area contributed by atoms with Crippen LogP contribution in [0.25, 0.3) is 27.6 Å². The molecule has 0 aliphatic rings. The molecule has 0 saturated heterocycles. The molecule has 0 amide bonds. The number of hydrogen-bond acceptors (Lipinski definition) is 6. The third kappa shape index (κ3) is 2.45. The van der Waals surface area contributed by atoms with Gasteiger partial charge in [0.1, 0.15) is 5.65 Å². The van der Waals surface area contributed by atoms with E-state index in [2.05, 4.69) is 19.7 Å². The third-order valence-electron chi connectivity index (χ3n) is 3.98. The summed E-state index contributed by atoms with van der Waals surface area (Å²) in [4.78, 5) is 25.4. The van der Waals surface area contributed by atoms with E-state index < -0.39 is 15.2 Å². The van der Waals surface area contributed by atoms with E-state index in [-0.39, 0.29) is 16.5 Å². The van der Waals surface area contributed by atoms with Gasteiger partial charge < -0.3 is 0 Å². The molecule has 9 heteroatoms. The quantitative estimate of drug-likeness (QED) is 0.431. The van der Waals surface area contributed by atoms with Crippen LogP contribution in [0.1, 0.15) is 0 Å². The van der Waals surface area contributed by atoms with Crippen LogP contribution in [0.3, 0.4) is 0 Å². The third-order valence-corrected chi connectivity index (χ3v) is 5.19. The topological polar surface area (TPSA) is 107 Å². The number of nitrogens with one attached hydrogen (secondary N) is 1. The molecule has 0 bridgehead atoms. The number of nitrogens with zero attached hydrogens (tertiary/aromatic N) is 4. The van der Waals surface area contributed by atoms with Crippen molar-refractivity contribution in [1.82, 2.24) is 24.2 Å². The lowest BCUT2D eigenvalue weighted by Gasteiger charge is -2.12. The fourth-order valence-corrected chi connectivity index (χ4v) is 3.33. The lowest BCUT2D eigenvalue weighted by molar-refractivity contribution is 0.579. The van der Waals surface area contributed by atoms with Crippen LogP contribution in [0.5, 0.6) is 0 Å². The van der Waals surface area contributed by atoms with Crippen molar-refractivity contribution in [3.63, 3.8) is 0 Å². The van der Waals surface area contributed by atoms with Gasteiger partial charge >= 0.3 is 0 Å². The molecule has 0 spiro atoms. The van der Waals surface area contributed by atoms with Gasteiger partial charge in [-0.3, -0.25) is 9.36 Å². The molecule has 3 aromatic heterocycles. The molecule has 0 unspecified atom stereocenters. The molecule has 0 aliphatic carbocycles. The second-order valence-corrected chi connectivity index (χ2v) is 7.25. The van der Waals surface area contributed by atoms with Gasteiger partial charge in [-0.25, -0.2) is 28.1 Å². The Morgan fingerprint density at radius 1 is 1.00 bits per heavy atom. The van der Waals surface area contributed by atoms with Gasteiger partial charge in [-0.1, -0.05) is 18.2 Å². The Bertz CT molecular complexity index is 1300. The maximum atomic E-state index is 13.1. The first kappa shape index (κ1) is 16.3. The number of rotatable bonds is 3. The van der Waals surface area contributed by atoms with Crippen LogP contribution in [0.4, 0.5) is 0 Å². The van der Waals surface area contributed by atoms with Gasteiger partial charge in [0.05, 0.1) is 16.6 Å². The van der Waals surface area contributed by atoms with Gasteiger partial charge in [0.15, 0.2) is 0 Å². The average molecular weight is 367 g/mol. The van der Waals surface area contributed by atoms with Crippen LogP contribution >= 0.6 is 0 Å². The number of aromatic nitrogens is 4. The van der Waals surface area contributed by atoms with Crippen molar-refractivity contribution in [2.75, 3.05) is 7.05 Å². The van der Waals surface area contributed by atoms with Crippen LogP contribution in [0.2, 0.25) is 0 Å². The molecule has 0 saturated carbocycles. The summed E-state index contributed by atoms with van der Waals surface area (Å²) in [5, 5.41) is 0.375. The highest BCUT2D eigenvalue weighted by Crippen LogP contribution is 2.22. The van der Waals surface area contributed by atoms with Crippen molar-refractivity contribution in [3.05, 3.63) is 65.2 Å². The molecular weight excluding hydrogens is 354 g/mol. The highest BCUT2D eigenvalue weighted by atomic mass is 32.2. The first-order valence-corrected chi connectivity index (χ1v) is 9.17. The van der Waals surface area contributed by atoms with Crippen LogP contribution in [0.15, 0.2) is 64.8 Å². The van der Waals surface area contributed by atoms with Crippen molar-refractivity contribution < 1.29 is 8.42 Å². The molecule has 1 aromatic carbocycles. The summed E-state index contributed by atoms with van der Waals surface area (Å²) < 4.78 is 27.7. The molecule has 1 N–H and O–H groups in total. The van der Waals surface area contributed by atoms with Crippen LogP contribution in [-0.2, 0) is 10.0 Å². The molecule has 26 heavy (non-hydrogen) atoms. The van der Waals surface area contributed by atoms with Crippen molar-refractivity contribution in [1.29, 1.82) is 0 Å². The van der Waals surface area contributed by atoms with Crippen molar-refractivity contribution in [2.24, 2.45) is 0 Å². The lowest BCUT2D eigenvalue weighted by atomic mass is 10.2. The van der Waals surface area contributed by atoms with E-state index in [0.717, 1.165) is 0 Å². The van der Waals surface area contributed by atoms with Crippen molar-refractivity contribution in [3.8, 4) is 5.69 Å².